The lowest BCUT2D eigenvalue weighted by atomic mass is 10.3. The number of halogens is 3. The van der Waals surface area contributed by atoms with E-state index < -0.39 is 0 Å². The van der Waals surface area contributed by atoms with E-state index in [9.17, 15) is 0 Å². The molecule has 0 aliphatic heterocycles. The third-order valence-corrected chi connectivity index (χ3v) is 7.80. The highest BCUT2D eigenvalue weighted by atomic mass is 79.9. The SMILES string of the molecule is CCOc1ccc(N)cc1.Nc1ccc(Br)cc1.Nc1ccc(Cl)cc1.Nc1ccc(N)cc1.Nc1cccc(Br)c1.Nc1cccc(O)c1.Nc1ccccc1O. The first kappa shape index (κ1) is 49.6. The molecule has 58 heavy (non-hydrogen) atoms. The van der Waals surface area contributed by atoms with E-state index in [-0.39, 0.29) is 11.5 Å². The van der Waals surface area contributed by atoms with Gasteiger partial charge >= 0.3 is 0 Å². The fourth-order valence-corrected chi connectivity index (χ4v) is 4.48. The van der Waals surface area contributed by atoms with Gasteiger partial charge in [0.2, 0.25) is 0 Å². The van der Waals surface area contributed by atoms with Gasteiger partial charge in [0.05, 0.1) is 12.3 Å². The van der Waals surface area contributed by atoms with Crippen LogP contribution in [0.2, 0.25) is 5.02 Å². The van der Waals surface area contributed by atoms with Crippen LogP contribution in [-0.4, -0.2) is 16.8 Å². The number of hydrogen-bond donors (Lipinski definition) is 10. The van der Waals surface area contributed by atoms with Gasteiger partial charge in [0.15, 0.2) is 0 Å². The molecule has 0 aromatic heterocycles. The van der Waals surface area contributed by atoms with Crippen molar-refractivity contribution in [1.29, 1.82) is 0 Å². The summed E-state index contributed by atoms with van der Waals surface area (Å²) >= 11 is 12.1. The average Bonchev–Trinajstić information content (AvgIpc) is 3.19. The molecule has 0 amide bonds. The van der Waals surface area contributed by atoms with Crippen molar-refractivity contribution < 1.29 is 14.9 Å². The summed E-state index contributed by atoms with van der Waals surface area (Å²) in [5.74, 6) is 1.23. The van der Waals surface area contributed by atoms with Crippen molar-refractivity contribution in [2.24, 2.45) is 0 Å². The molecule has 0 aliphatic rings. The van der Waals surface area contributed by atoms with E-state index in [0.717, 1.165) is 53.8 Å². The topological polar surface area (TPSA) is 258 Å². The lowest BCUT2D eigenvalue weighted by Crippen LogP contribution is -1.91. The van der Waals surface area contributed by atoms with Gasteiger partial charge in [-0.1, -0.05) is 67.7 Å². The van der Waals surface area contributed by atoms with Gasteiger partial charge in [0.1, 0.15) is 17.2 Å². The maximum atomic E-state index is 8.79. The lowest BCUT2D eigenvalue weighted by molar-refractivity contribution is 0.340. The molecular weight excluding hydrogens is 884 g/mol. The average molecular weight is 935 g/mol. The number of anilines is 8. The Bertz CT molecular complexity index is 1860. The molecule has 0 radical (unpaired) electrons. The van der Waals surface area contributed by atoms with Gasteiger partial charge in [0.25, 0.3) is 0 Å². The van der Waals surface area contributed by atoms with Gasteiger partial charge < -0.3 is 60.8 Å². The molecule has 306 valence electrons. The Hall–Kier alpha value is -6.41. The van der Waals surface area contributed by atoms with Crippen LogP contribution >= 0.6 is 43.5 Å². The molecule has 0 bridgehead atoms. The Morgan fingerprint density at radius 1 is 0.448 bits per heavy atom. The summed E-state index contributed by atoms with van der Waals surface area (Å²) in [5.41, 5.74) is 48.6. The minimum Gasteiger partial charge on any atom is -0.508 e. The number of aromatic hydroxyl groups is 2. The van der Waals surface area contributed by atoms with E-state index in [1.165, 1.54) is 6.07 Å². The van der Waals surface area contributed by atoms with E-state index >= 15 is 0 Å². The van der Waals surface area contributed by atoms with Gasteiger partial charge in [-0.25, -0.2) is 0 Å². The highest BCUT2D eigenvalue weighted by Crippen LogP contribution is 2.17. The van der Waals surface area contributed by atoms with Crippen molar-refractivity contribution in [1.82, 2.24) is 0 Å². The van der Waals surface area contributed by atoms with Gasteiger partial charge in [0, 0.05) is 59.8 Å². The number of phenols is 2. The molecule has 0 atom stereocenters. The van der Waals surface area contributed by atoms with Crippen molar-refractivity contribution >= 4 is 89.0 Å². The van der Waals surface area contributed by atoms with Crippen LogP contribution in [0.1, 0.15) is 6.92 Å². The van der Waals surface area contributed by atoms with Crippen molar-refractivity contribution in [3.8, 4) is 17.2 Å². The van der Waals surface area contributed by atoms with Gasteiger partial charge in [-0.05, 0) is 146 Å². The minimum absolute atomic E-state index is 0.146. The first-order chi connectivity index (χ1) is 27.6. The molecule has 0 saturated carbocycles. The summed E-state index contributed by atoms with van der Waals surface area (Å²) < 4.78 is 7.29. The van der Waals surface area contributed by atoms with E-state index in [1.54, 1.807) is 91.0 Å². The molecule has 0 aliphatic carbocycles. The van der Waals surface area contributed by atoms with Crippen molar-refractivity contribution in [3.05, 3.63) is 184 Å². The Kier molecular flexibility index (Phi) is 24.7. The molecule has 0 spiro atoms. The summed E-state index contributed by atoms with van der Waals surface area (Å²) in [6, 6.07) is 49.8. The van der Waals surface area contributed by atoms with Gasteiger partial charge in [-0.3, -0.25) is 0 Å². The lowest BCUT2D eigenvalue weighted by Gasteiger charge is -2.01. The number of ether oxygens (including phenoxy) is 1. The quantitative estimate of drug-likeness (QED) is 0.0576. The monoisotopic (exact) mass is 932 g/mol. The van der Waals surface area contributed by atoms with Crippen LogP contribution in [0.25, 0.3) is 0 Å². The maximum Gasteiger partial charge on any atom is 0.138 e. The molecule has 7 rings (SSSR count). The molecule has 14 heteroatoms. The summed E-state index contributed by atoms with van der Waals surface area (Å²) in [4.78, 5) is 0. The minimum atomic E-state index is 0.146. The van der Waals surface area contributed by atoms with Crippen LogP contribution in [0, 0.1) is 0 Å². The normalized spacial score (nSPS) is 9.10. The fraction of sp³-hybridized carbons (Fsp3) is 0.0455. The van der Waals surface area contributed by atoms with Gasteiger partial charge in [-0.2, -0.15) is 0 Å². The summed E-state index contributed by atoms with van der Waals surface area (Å²) in [6.45, 7) is 2.65. The number of nitrogen functional groups attached to an aromatic ring is 8. The van der Waals surface area contributed by atoms with E-state index in [4.69, 9.17) is 72.4 Å². The van der Waals surface area contributed by atoms with Crippen molar-refractivity contribution in [2.75, 3.05) is 52.5 Å². The Balaban J connectivity index is 0.000000339. The van der Waals surface area contributed by atoms with Crippen LogP contribution < -0.4 is 50.6 Å². The van der Waals surface area contributed by atoms with Gasteiger partial charge in [-0.15, -0.1) is 0 Å². The third-order valence-electron chi connectivity index (χ3n) is 6.52. The number of para-hydroxylation sites is 2. The Morgan fingerprint density at radius 3 is 1.17 bits per heavy atom. The predicted molar refractivity (Wildman–Crippen MR) is 255 cm³/mol. The Labute approximate surface area is 362 Å². The molecular formula is C44H51Br2ClN8O3. The third kappa shape index (κ3) is 25.6. The van der Waals surface area contributed by atoms with E-state index in [2.05, 4.69) is 31.9 Å². The molecule has 0 saturated heterocycles. The highest BCUT2D eigenvalue weighted by molar-refractivity contribution is 9.10. The first-order valence-corrected chi connectivity index (χ1v) is 19.2. The molecule has 0 unspecified atom stereocenters. The maximum absolute atomic E-state index is 8.79. The smallest absolute Gasteiger partial charge is 0.138 e. The fourth-order valence-electron chi connectivity index (χ4n) is 3.67. The van der Waals surface area contributed by atoms with Crippen molar-refractivity contribution in [2.45, 2.75) is 6.92 Å². The van der Waals surface area contributed by atoms with E-state index in [0.29, 0.717) is 18.0 Å². The molecule has 0 heterocycles. The Morgan fingerprint density at radius 2 is 0.862 bits per heavy atom. The number of rotatable bonds is 2. The molecule has 0 fully saturated rings. The zero-order valence-electron chi connectivity index (χ0n) is 31.9. The zero-order chi connectivity index (χ0) is 43.3. The molecule has 18 N–H and O–H groups in total. The largest absolute Gasteiger partial charge is 0.508 e. The van der Waals surface area contributed by atoms with Crippen LogP contribution in [-0.2, 0) is 0 Å². The number of benzene rings is 7. The number of phenolic OH excluding ortho intramolecular Hbond substituents is 2. The van der Waals surface area contributed by atoms with Crippen LogP contribution in [0.3, 0.4) is 0 Å². The van der Waals surface area contributed by atoms with Crippen LogP contribution in [0.5, 0.6) is 17.2 Å². The predicted octanol–water partition coefficient (Wildman–Crippen LogP) is 10.5. The van der Waals surface area contributed by atoms with E-state index in [1.807, 2.05) is 79.7 Å². The standard InChI is InChI=1S/C8H11NO.2C6H6BrN.C6H6ClN.C6H8N2.2C6H7NO/c1-2-10-8-5-3-7(9)4-6-8;7-5-1-3-6(8)4-2-5;7-5-2-1-3-6(8)4-5;7-5-1-3-6(8)4-2-5;7-5-1-2-6(8)4-3-5;7-5-2-1-3-6(8)4-5;7-5-3-1-2-4-6(5)8/h3-6H,2,9H2,1H3;3*1-4H,8H2;1-4H,7-8H2;2*1-4,8H,7H2. The molecule has 7 aromatic carbocycles. The number of hydrogen-bond acceptors (Lipinski definition) is 11. The molecule has 7 aromatic rings. The summed E-state index contributed by atoms with van der Waals surface area (Å²) in [6.07, 6.45) is 0. The highest BCUT2D eigenvalue weighted by Gasteiger charge is 1.90. The second-order valence-corrected chi connectivity index (χ2v) is 13.7. The number of nitrogens with two attached hydrogens (primary N) is 8. The first-order valence-electron chi connectivity index (χ1n) is 17.3. The summed E-state index contributed by atoms with van der Waals surface area (Å²) in [7, 11) is 0. The van der Waals surface area contributed by atoms with Crippen LogP contribution in [0.15, 0.2) is 179 Å². The van der Waals surface area contributed by atoms with Crippen LogP contribution in [0.4, 0.5) is 45.5 Å². The molecule has 11 nitrogen and oxygen atoms in total. The second-order valence-electron chi connectivity index (χ2n) is 11.5. The summed E-state index contributed by atoms with van der Waals surface area (Å²) in [5, 5.41) is 18.2. The van der Waals surface area contributed by atoms with Crippen molar-refractivity contribution in [3.63, 3.8) is 0 Å². The zero-order valence-corrected chi connectivity index (χ0v) is 35.9. The second kappa shape index (κ2) is 28.9.